The maximum Gasteiger partial charge on any atom is 0.256 e. The molecule has 1 fully saturated rings. The molecule has 1 amide bonds. The summed E-state index contributed by atoms with van der Waals surface area (Å²) < 4.78 is 5.44. The third-order valence-electron chi connectivity index (χ3n) is 6.07. The Balaban J connectivity index is 1.74. The van der Waals surface area contributed by atoms with Crippen LogP contribution in [-0.2, 0) is 9.53 Å². The first-order chi connectivity index (χ1) is 13.4. The molecule has 0 bridgehead atoms. The molecule has 2 N–H and O–H groups in total. The van der Waals surface area contributed by atoms with Crippen molar-refractivity contribution in [3.8, 4) is 11.1 Å². The van der Waals surface area contributed by atoms with Crippen molar-refractivity contribution in [2.45, 2.75) is 44.2 Å². The van der Waals surface area contributed by atoms with Crippen LogP contribution in [0.25, 0.3) is 16.7 Å². The zero-order chi connectivity index (χ0) is 19.9. The van der Waals surface area contributed by atoms with E-state index in [1.807, 2.05) is 49.4 Å². The number of aryl methyl sites for hydroxylation is 1. The number of rotatable bonds is 3. The van der Waals surface area contributed by atoms with Gasteiger partial charge in [0.2, 0.25) is 0 Å². The number of carbonyl (C=O) groups is 1. The topological polar surface area (TPSA) is 58.6 Å². The van der Waals surface area contributed by atoms with Crippen molar-refractivity contribution >= 4 is 23.1 Å². The van der Waals surface area contributed by atoms with Gasteiger partial charge in [0.15, 0.2) is 0 Å². The van der Waals surface area contributed by atoms with Gasteiger partial charge in [-0.2, -0.15) is 0 Å². The third kappa shape index (κ3) is 3.21. The lowest BCUT2D eigenvalue weighted by molar-refractivity contribution is -0.116. The molecule has 5 heteroatoms. The fraction of sp³-hybridized carbons (Fsp3) is 0.348. The quantitative estimate of drug-likeness (QED) is 0.762. The molecular weight excluding hydrogens is 374 g/mol. The largest absolute Gasteiger partial charge is 0.509 e. The Hall–Kier alpha value is -2.30. The van der Waals surface area contributed by atoms with Gasteiger partial charge in [0.1, 0.15) is 5.76 Å². The summed E-state index contributed by atoms with van der Waals surface area (Å²) in [4.78, 5) is 12.9. The maximum atomic E-state index is 12.9. The van der Waals surface area contributed by atoms with Gasteiger partial charge in [-0.25, -0.2) is 0 Å². The van der Waals surface area contributed by atoms with Gasteiger partial charge >= 0.3 is 0 Å². The number of halogens is 1. The second-order valence-corrected chi connectivity index (χ2v) is 8.17. The molecular formula is C23H24ClNO3. The summed E-state index contributed by atoms with van der Waals surface area (Å²) in [5, 5.41) is 14.9. The zero-order valence-electron chi connectivity index (χ0n) is 16.1. The van der Waals surface area contributed by atoms with Crippen molar-refractivity contribution in [1.29, 1.82) is 0 Å². The van der Waals surface area contributed by atoms with Gasteiger partial charge in [-0.1, -0.05) is 35.9 Å². The molecule has 1 saturated carbocycles. The number of carbonyl (C=O) groups excluding carboxylic acids is 1. The van der Waals surface area contributed by atoms with Gasteiger partial charge in [-0.15, -0.1) is 0 Å². The second-order valence-electron chi connectivity index (χ2n) is 7.73. The minimum absolute atomic E-state index is 0.170. The van der Waals surface area contributed by atoms with E-state index in [4.69, 9.17) is 16.3 Å². The summed E-state index contributed by atoms with van der Waals surface area (Å²) in [6.07, 6.45) is 3.19. The molecule has 4 nitrogen and oxygen atoms in total. The normalized spacial score (nSPS) is 24.7. The average Bonchev–Trinajstić information content (AvgIpc) is 2.93. The van der Waals surface area contributed by atoms with Gasteiger partial charge < -0.3 is 15.2 Å². The van der Waals surface area contributed by atoms with Gasteiger partial charge in [0.05, 0.1) is 17.2 Å². The molecule has 0 atom stereocenters. The van der Waals surface area contributed by atoms with Crippen LogP contribution in [0.15, 0.2) is 48.2 Å². The number of aliphatic hydroxyl groups is 1. The van der Waals surface area contributed by atoms with Crippen LogP contribution in [0, 0.1) is 6.92 Å². The summed E-state index contributed by atoms with van der Waals surface area (Å²) in [6.45, 7) is 1.96. The molecule has 2 aromatic carbocycles. The van der Waals surface area contributed by atoms with Crippen LogP contribution < -0.4 is 5.32 Å². The van der Waals surface area contributed by atoms with Gasteiger partial charge in [-0.05, 0) is 73.1 Å². The Bertz CT molecular complexity index is 941. The molecule has 2 aliphatic rings. The molecule has 4 rings (SSSR count). The van der Waals surface area contributed by atoms with Crippen molar-refractivity contribution in [3.63, 3.8) is 0 Å². The molecule has 1 aliphatic carbocycles. The Morgan fingerprint density at radius 3 is 2.39 bits per heavy atom. The molecule has 28 heavy (non-hydrogen) atoms. The lowest BCUT2D eigenvalue weighted by Crippen LogP contribution is -2.48. The molecule has 0 unspecified atom stereocenters. The van der Waals surface area contributed by atoms with Crippen LogP contribution in [0.3, 0.4) is 0 Å². The number of aliphatic hydroxyl groups excluding tert-OH is 1. The lowest BCUT2D eigenvalue weighted by Gasteiger charge is -2.36. The standard InChI is InChI=1S/C23H24ClNO3/c1-14-3-4-16(15-5-7-17(24)8-6-15)13-19(14)20-21(26)23(25-22(20)27)11-9-18(28-2)10-12-23/h3-8,13,18,26H,9-12H2,1-2H3,(H,25,27)/t18-,23-. The number of nitrogens with one attached hydrogen (secondary N) is 1. The van der Waals surface area contributed by atoms with E-state index in [0.29, 0.717) is 23.4 Å². The molecule has 1 aliphatic heterocycles. The van der Waals surface area contributed by atoms with Crippen LogP contribution >= 0.6 is 11.6 Å². The van der Waals surface area contributed by atoms with E-state index < -0.39 is 5.54 Å². The summed E-state index contributed by atoms with van der Waals surface area (Å²) in [5.41, 5.74) is 3.45. The highest BCUT2D eigenvalue weighted by molar-refractivity contribution is 6.30. The van der Waals surface area contributed by atoms with Crippen molar-refractivity contribution in [3.05, 3.63) is 64.4 Å². The molecule has 146 valence electrons. The van der Waals surface area contributed by atoms with E-state index in [-0.39, 0.29) is 17.8 Å². The zero-order valence-corrected chi connectivity index (χ0v) is 16.8. The number of amides is 1. The first-order valence-corrected chi connectivity index (χ1v) is 9.97. The maximum absolute atomic E-state index is 12.9. The van der Waals surface area contributed by atoms with Crippen molar-refractivity contribution in [2.24, 2.45) is 0 Å². The summed E-state index contributed by atoms with van der Waals surface area (Å²) in [5.74, 6) is -0.0341. The van der Waals surface area contributed by atoms with Crippen molar-refractivity contribution < 1.29 is 14.6 Å². The van der Waals surface area contributed by atoms with E-state index in [1.54, 1.807) is 7.11 Å². The van der Waals surface area contributed by atoms with Crippen LogP contribution in [0.2, 0.25) is 5.02 Å². The van der Waals surface area contributed by atoms with Crippen LogP contribution in [0.5, 0.6) is 0 Å². The Kier molecular flexibility index (Phi) is 4.94. The van der Waals surface area contributed by atoms with Crippen LogP contribution in [0.1, 0.15) is 36.8 Å². The number of ether oxygens (including phenoxy) is 1. The van der Waals surface area contributed by atoms with E-state index in [1.165, 1.54) is 0 Å². The van der Waals surface area contributed by atoms with E-state index in [2.05, 4.69) is 5.32 Å². The van der Waals surface area contributed by atoms with Crippen molar-refractivity contribution in [1.82, 2.24) is 5.32 Å². The SMILES string of the molecule is CO[C@H]1CC[C@@]2(CC1)NC(=O)C(c1cc(-c3ccc(Cl)cc3)ccc1C)=C2O. The Morgan fingerprint density at radius 1 is 1.11 bits per heavy atom. The van der Waals surface area contributed by atoms with Gasteiger partial charge in [-0.3, -0.25) is 4.79 Å². The highest BCUT2D eigenvalue weighted by Crippen LogP contribution is 2.42. The van der Waals surface area contributed by atoms with Crippen molar-refractivity contribution in [2.75, 3.05) is 7.11 Å². The van der Waals surface area contributed by atoms with E-state index in [0.717, 1.165) is 35.1 Å². The number of hydrogen-bond acceptors (Lipinski definition) is 3. The summed E-state index contributed by atoms with van der Waals surface area (Å²) in [7, 11) is 1.71. The highest BCUT2D eigenvalue weighted by atomic mass is 35.5. The van der Waals surface area contributed by atoms with Gasteiger partial charge in [0.25, 0.3) is 5.91 Å². The predicted octanol–water partition coefficient (Wildman–Crippen LogP) is 5.04. The molecule has 1 heterocycles. The third-order valence-corrected chi connectivity index (χ3v) is 6.33. The fourth-order valence-corrected chi connectivity index (χ4v) is 4.46. The summed E-state index contributed by atoms with van der Waals surface area (Å²) in [6, 6.07) is 13.6. The van der Waals surface area contributed by atoms with E-state index in [9.17, 15) is 9.90 Å². The van der Waals surface area contributed by atoms with E-state index >= 15 is 0 Å². The first kappa shape index (κ1) is 19.0. The minimum Gasteiger partial charge on any atom is -0.509 e. The number of hydrogen-bond donors (Lipinski definition) is 2. The predicted molar refractivity (Wildman–Crippen MR) is 111 cm³/mol. The smallest absolute Gasteiger partial charge is 0.256 e. The average molecular weight is 398 g/mol. The number of methoxy groups -OCH3 is 1. The highest BCUT2D eigenvalue weighted by Gasteiger charge is 2.48. The van der Waals surface area contributed by atoms with Crippen LogP contribution in [0.4, 0.5) is 0 Å². The molecule has 0 saturated heterocycles. The molecule has 0 radical (unpaired) electrons. The van der Waals surface area contributed by atoms with Crippen LogP contribution in [-0.4, -0.2) is 29.8 Å². The fourth-order valence-electron chi connectivity index (χ4n) is 4.33. The first-order valence-electron chi connectivity index (χ1n) is 9.59. The Labute approximate surface area is 170 Å². The molecule has 1 spiro atoms. The Morgan fingerprint density at radius 2 is 1.75 bits per heavy atom. The van der Waals surface area contributed by atoms with Gasteiger partial charge in [0, 0.05) is 12.1 Å². The number of benzene rings is 2. The molecule has 0 aromatic heterocycles. The lowest BCUT2D eigenvalue weighted by atomic mass is 9.79. The second kappa shape index (κ2) is 7.26. The molecule has 2 aromatic rings. The summed E-state index contributed by atoms with van der Waals surface area (Å²) >= 11 is 6.00. The monoisotopic (exact) mass is 397 g/mol. The minimum atomic E-state index is -0.663.